The molecule has 2 aromatic rings. The highest BCUT2D eigenvalue weighted by molar-refractivity contribution is 5.94. The Labute approximate surface area is 122 Å². The number of rotatable bonds is 3. The van der Waals surface area contributed by atoms with E-state index in [9.17, 15) is 4.79 Å². The van der Waals surface area contributed by atoms with Crippen LogP contribution in [-0.2, 0) is 11.2 Å². The number of amides is 1. The van der Waals surface area contributed by atoms with Gasteiger partial charge in [-0.2, -0.15) is 0 Å². The third kappa shape index (κ3) is 2.63. The monoisotopic (exact) mass is 284 g/mol. The lowest BCUT2D eigenvalue weighted by Gasteiger charge is -2.19. The van der Waals surface area contributed by atoms with E-state index in [0.717, 1.165) is 11.3 Å². The fourth-order valence-corrected chi connectivity index (χ4v) is 2.33. The minimum atomic E-state index is 0.0142. The van der Waals surface area contributed by atoms with Gasteiger partial charge in [0.25, 0.3) is 0 Å². The Morgan fingerprint density at radius 3 is 2.62 bits per heavy atom. The number of nitrogens with two attached hydrogens (primary N) is 1. The van der Waals surface area contributed by atoms with Gasteiger partial charge in [0.15, 0.2) is 17.2 Å². The maximum absolute atomic E-state index is 11.4. The van der Waals surface area contributed by atoms with Crippen LogP contribution in [0.5, 0.6) is 17.2 Å². The molecule has 1 heterocycles. The van der Waals surface area contributed by atoms with Crippen molar-refractivity contribution in [2.75, 3.05) is 18.2 Å². The molecule has 0 unspecified atom stereocenters. The molecule has 0 fully saturated rings. The molecule has 21 heavy (non-hydrogen) atoms. The quantitative estimate of drug-likeness (QED) is 0.850. The second-order valence-electron chi connectivity index (χ2n) is 4.85. The molecule has 5 nitrogen and oxygen atoms in total. The Bertz CT molecular complexity index is 698. The predicted molar refractivity (Wildman–Crippen MR) is 80.9 cm³/mol. The average molecular weight is 284 g/mol. The molecular formula is C16H16N2O3. The number of nitrogen functional groups attached to an aromatic ring is 1. The fourth-order valence-electron chi connectivity index (χ4n) is 2.33. The van der Waals surface area contributed by atoms with Gasteiger partial charge in [0.05, 0.1) is 12.8 Å². The second-order valence-corrected chi connectivity index (χ2v) is 4.85. The molecule has 0 spiro atoms. The van der Waals surface area contributed by atoms with Crippen LogP contribution in [0.2, 0.25) is 0 Å². The summed E-state index contributed by atoms with van der Waals surface area (Å²) in [7, 11) is 1.59. The Morgan fingerprint density at radius 1 is 1.10 bits per heavy atom. The van der Waals surface area contributed by atoms with Crippen molar-refractivity contribution in [1.82, 2.24) is 0 Å². The van der Waals surface area contributed by atoms with E-state index in [1.807, 2.05) is 30.3 Å². The number of para-hydroxylation sites is 2. The molecule has 3 N–H and O–H groups in total. The van der Waals surface area contributed by atoms with Gasteiger partial charge in [-0.25, -0.2) is 0 Å². The molecular weight excluding hydrogens is 268 g/mol. The molecule has 1 amide bonds. The zero-order chi connectivity index (χ0) is 14.8. The van der Waals surface area contributed by atoms with Gasteiger partial charge in [-0.15, -0.1) is 0 Å². The van der Waals surface area contributed by atoms with Crippen LogP contribution in [0.15, 0.2) is 36.4 Å². The van der Waals surface area contributed by atoms with Crippen LogP contribution in [0.1, 0.15) is 12.0 Å². The molecule has 1 aliphatic rings. The number of carbonyl (C=O) groups excluding carboxylic acids is 1. The minimum Gasteiger partial charge on any atom is -0.493 e. The van der Waals surface area contributed by atoms with Crippen molar-refractivity contribution in [3.05, 3.63) is 42.0 Å². The largest absolute Gasteiger partial charge is 0.493 e. The normalized spacial score (nSPS) is 13.3. The lowest BCUT2D eigenvalue weighted by atomic mass is 10.0. The number of carbonyl (C=O) groups is 1. The highest BCUT2D eigenvalue weighted by Gasteiger charge is 2.18. The van der Waals surface area contributed by atoms with E-state index in [2.05, 4.69) is 5.32 Å². The van der Waals surface area contributed by atoms with Crippen molar-refractivity contribution in [1.29, 1.82) is 0 Å². The summed E-state index contributed by atoms with van der Waals surface area (Å²) in [6, 6.07) is 11.0. The van der Waals surface area contributed by atoms with Crippen LogP contribution >= 0.6 is 0 Å². The topological polar surface area (TPSA) is 73.6 Å². The van der Waals surface area contributed by atoms with Gasteiger partial charge in [-0.1, -0.05) is 12.1 Å². The van der Waals surface area contributed by atoms with Crippen molar-refractivity contribution < 1.29 is 14.3 Å². The Hall–Kier alpha value is -2.69. The summed E-state index contributed by atoms with van der Waals surface area (Å²) in [6.45, 7) is 0. The summed E-state index contributed by atoms with van der Waals surface area (Å²) in [6.07, 6.45) is 1.16. The van der Waals surface area contributed by atoms with Gasteiger partial charge in [0, 0.05) is 12.1 Å². The Balaban J connectivity index is 1.94. The molecule has 0 saturated heterocycles. The number of benzene rings is 2. The first-order valence-electron chi connectivity index (χ1n) is 6.70. The molecule has 2 aromatic carbocycles. The highest BCUT2D eigenvalue weighted by Crippen LogP contribution is 2.37. The number of aryl methyl sites for hydroxylation is 1. The summed E-state index contributed by atoms with van der Waals surface area (Å²) >= 11 is 0. The third-order valence-electron chi connectivity index (χ3n) is 3.42. The summed E-state index contributed by atoms with van der Waals surface area (Å²) in [5.74, 6) is 1.82. The Kier molecular flexibility index (Phi) is 3.39. The second kappa shape index (κ2) is 5.36. The molecule has 0 bridgehead atoms. The first kappa shape index (κ1) is 13.3. The number of ether oxygens (including phenoxy) is 2. The van der Waals surface area contributed by atoms with E-state index in [-0.39, 0.29) is 5.91 Å². The minimum absolute atomic E-state index is 0.0142. The molecule has 0 atom stereocenters. The SMILES string of the molecule is COc1ccccc1Oc1cc2c(cc1N)NC(=O)CC2. The van der Waals surface area contributed by atoms with Crippen molar-refractivity contribution >= 4 is 17.3 Å². The predicted octanol–water partition coefficient (Wildman–Crippen LogP) is 2.95. The van der Waals surface area contributed by atoms with Gasteiger partial charge < -0.3 is 20.5 Å². The molecule has 3 rings (SSSR count). The Morgan fingerprint density at radius 2 is 1.86 bits per heavy atom. The van der Waals surface area contributed by atoms with Gasteiger partial charge >= 0.3 is 0 Å². The summed E-state index contributed by atoms with van der Waals surface area (Å²) in [5.41, 5.74) is 8.27. The number of hydrogen-bond acceptors (Lipinski definition) is 4. The number of anilines is 2. The number of methoxy groups -OCH3 is 1. The first-order chi connectivity index (χ1) is 10.2. The third-order valence-corrected chi connectivity index (χ3v) is 3.42. The van der Waals surface area contributed by atoms with E-state index in [1.165, 1.54) is 0 Å². The first-order valence-corrected chi connectivity index (χ1v) is 6.70. The van der Waals surface area contributed by atoms with Crippen molar-refractivity contribution in [3.8, 4) is 17.2 Å². The highest BCUT2D eigenvalue weighted by atomic mass is 16.5. The molecule has 108 valence electrons. The molecule has 0 saturated carbocycles. The van der Waals surface area contributed by atoms with Crippen LogP contribution < -0.4 is 20.5 Å². The van der Waals surface area contributed by atoms with Gasteiger partial charge in [0.1, 0.15) is 0 Å². The smallest absolute Gasteiger partial charge is 0.224 e. The van der Waals surface area contributed by atoms with Gasteiger partial charge in [-0.05, 0) is 36.2 Å². The van der Waals surface area contributed by atoms with E-state index in [4.69, 9.17) is 15.2 Å². The van der Waals surface area contributed by atoms with E-state index in [1.54, 1.807) is 13.2 Å². The maximum Gasteiger partial charge on any atom is 0.224 e. The summed E-state index contributed by atoms with van der Waals surface area (Å²) in [4.78, 5) is 11.4. The van der Waals surface area contributed by atoms with Gasteiger partial charge in [-0.3, -0.25) is 4.79 Å². The van der Waals surface area contributed by atoms with Crippen molar-refractivity contribution in [2.45, 2.75) is 12.8 Å². The van der Waals surface area contributed by atoms with Crippen LogP contribution in [0.25, 0.3) is 0 Å². The summed E-state index contributed by atoms with van der Waals surface area (Å²) in [5, 5.41) is 2.82. The lowest BCUT2D eigenvalue weighted by molar-refractivity contribution is -0.116. The standard InChI is InChI=1S/C16H16N2O3/c1-20-13-4-2-3-5-14(13)21-15-8-10-6-7-16(19)18-12(10)9-11(15)17/h2-5,8-9H,6-7,17H2,1H3,(H,18,19). The molecule has 5 heteroatoms. The number of fused-ring (bicyclic) bond motifs is 1. The molecule has 0 aliphatic carbocycles. The van der Waals surface area contributed by atoms with Crippen LogP contribution in [0.4, 0.5) is 11.4 Å². The van der Waals surface area contributed by atoms with Crippen molar-refractivity contribution in [3.63, 3.8) is 0 Å². The molecule has 0 radical (unpaired) electrons. The van der Waals surface area contributed by atoms with Crippen LogP contribution in [0, 0.1) is 0 Å². The van der Waals surface area contributed by atoms with Crippen LogP contribution in [-0.4, -0.2) is 13.0 Å². The maximum atomic E-state index is 11.4. The summed E-state index contributed by atoms with van der Waals surface area (Å²) < 4.78 is 11.1. The lowest BCUT2D eigenvalue weighted by Crippen LogP contribution is -2.19. The van der Waals surface area contributed by atoms with Crippen LogP contribution in [0.3, 0.4) is 0 Å². The van der Waals surface area contributed by atoms with Crippen molar-refractivity contribution in [2.24, 2.45) is 0 Å². The average Bonchev–Trinajstić information content (AvgIpc) is 2.49. The molecule has 1 aliphatic heterocycles. The fraction of sp³-hybridized carbons (Fsp3) is 0.188. The molecule has 0 aromatic heterocycles. The van der Waals surface area contributed by atoms with E-state index >= 15 is 0 Å². The zero-order valence-corrected chi connectivity index (χ0v) is 11.7. The number of hydrogen-bond donors (Lipinski definition) is 2. The number of nitrogens with one attached hydrogen (secondary N) is 1. The van der Waals surface area contributed by atoms with Gasteiger partial charge in [0.2, 0.25) is 5.91 Å². The zero-order valence-electron chi connectivity index (χ0n) is 11.7. The van der Waals surface area contributed by atoms with E-state index < -0.39 is 0 Å². The van der Waals surface area contributed by atoms with E-state index in [0.29, 0.717) is 35.8 Å².